The lowest BCUT2D eigenvalue weighted by atomic mass is 9.81. The van der Waals surface area contributed by atoms with E-state index in [1.54, 1.807) is 44.2 Å². The van der Waals surface area contributed by atoms with Crippen molar-refractivity contribution in [3.05, 3.63) is 104 Å². The van der Waals surface area contributed by atoms with E-state index in [1.807, 2.05) is 0 Å². The molecule has 0 radical (unpaired) electrons. The Hall–Kier alpha value is -7.22. The van der Waals surface area contributed by atoms with Crippen LogP contribution in [0.4, 0.5) is 4.79 Å². The number of phenolic OH excluding ortho intramolecular Hbond substituents is 3. The number of esters is 1. The molecule has 0 aliphatic carbocycles. The summed E-state index contributed by atoms with van der Waals surface area (Å²) in [4.78, 5) is 54.3. The van der Waals surface area contributed by atoms with Crippen LogP contribution in [-0.4, -0.2) is 68.1 Å². The maximum Gasteiger partial charge on any atom is 0.514 e. The van der Waals surface area contributed by atoms with Gasteiger partial charge in [-0.25, -0.2) is 9.59 Å². The highest BCUT2D eigenvalue weighted by Crippen LogP contribution is 2.55. The molecule has 0 saturated heterocycles. The molecular weight excluding hydrogens is 752 g/mol. The molecule has 14 heteroatoms. The number of fused-ring (bicyclic) bond motifs is 2. The van der Waals surface area contributed by atoms with E-state index in [4.69, 9.17) is 33.2 Å². The molecule has 0 fully saturated rings. The first kappa shape index (κ1) is 39.0. The summed E-state index contributed by atoms with van der Waals surface area (Å²) >= 11 is 0. The quantitative estimate of drug-likeness (QED) is 0.0497. The van der Waals surface area contributed by atoms with Crippen molar-refractivity contribution in [1.29, 1.82) is 0 Å². The van der Waals surface area contributed by atoms with E-state index in [-0.39, 0.29) is 102 Å². The van der Waals surface area contributed by atoms with E-state index in [0.29, 0.717) is 5.56 Å². The predicted molar refractivity (Wildman–Crippen MR) is 214 cm³/mol. The molecule has 0 heterocycles. The third kappa shape index (κ3) is 6.51. The largest absolute Gasteiger partial charge is 0.514 e. The van der Waals surface area contributed by atoms with Crippen LogP contribution in [0.15, 0.2) is 76.3 Å². The van der Waals surface area contributed by atoms with Crippen molar-refractivity contribution in [3.8, 4) is 46.0 Å². The Morgan fingerprint density at radius 1 is 0.569 bits per heavy atom. The van der Waals surface area contributed by atoms with Crippen molar-refractivity contribution < 1.29 is 58.1 Å². The lowest BCUT2D eigenvalue weighted by molar-refractivity contribution is 0.0342. The van der Waals surface area contributed by atoms with E-state index in [1.165, 1.54) is 64.8 Å². The van der Waals surface area contributed by atoms with Gasteiger partial charge in [0.2, 0.25) is 0 Å². The van der Waals surface area contributed by atoms with Crippen LogP contribution < -0.4 is 34.5 Å². The maximum atomic E-state index is 14.0. The first-order valence-electron chi connectivity index (χ1n) is 18.0. The monoisotopic (exact) mass is 790 g/mol. The first-order chi connectivity index (χ1) is 27.8. The topological polar surface area (TPSA) is 194 Å². The Kier molecular flexibility index (Phi) is 10.3. The molecule has 3 N–H and O–H groups in total. The van der Waals surface area contributed by atoms with Gasteiger partial charge < -0.3 is 48.5 Å². The van der Waals surface area contributed by atoms with Crippen molar-refractivity contribution in [2.75, 3.05) is 28.4 Å². The van der Waals surface area contributed by atoms with Gasteiger partial charge in [0.25, 0.3) is 0 Å². The summed E-state index contributed by atoms with van der Waals surface area (Å²) in [6, 6.07) is 16.2. The van der Waals surface area contributed by atoms with Gasteiger partial charge >= 0.3 is 12.1 Å². The zero-order valence-corrected chi connectivity index (χ0v) is 32.3. The van der Waals surface area contributed by atoms with Gasteiger partial charge in [0, 0.05) is 57.6 Å². The van der Waals surface area contributed by atoms with Crippen LogP contribution in [0.3, 0.4) is 0 Å². The standard InChI is InChI=1S/C44H38O14/c1-20(56-43(50)22-10-8-7-9-11-22)16-25-31-32-26(17-21(2)57-44(51)58-24-14-12-23(45)13-15-24)42(55-6)40(49)34-28(47)19-30(53-4)36(38(32)34)35-29(52-3)18-27(46)33(37(31)35)39(48)41(25)54-5/h7-15,18-21,45,48-49H,16-17H2,1-6H3/t20-,21+/m1/s1. The summed E-state index contributed by atoms with van der Waals surface area (Å²) in [6.07, 6.45) is -3.19. The van der Waals surface area contributed by atoms with Gasteiger partial charge in [-0.05, 0) is 61.0 Å². The SMILES string of the molecule is COc1c(O)c2c(=O)cc(OC)c3c4c(OC)cc(=O)c5c(O)c(OC)c(C[C@H](C)OC(=O)Oc6ccc(O)cc6)c(c(c1C[C@@H](C)OC(=O)c1ccccc1)c23)c54. The molecule has 7 aromatic carbocycles. The van der Waals surface area contributed by atoms with Gasteiger partial charge in [0.05, 0.1) is 44.8 Å². The van der Waals surface area contributed by atoms with Gasteiger partial charge in [0.15, 0.2) is 33.9 Å². The summed E-state index contributed by atoms with van der Waals surface area (Å²) < 4.78 is 40.1. The highest BCUT2D eigenvalue weighted by atomic mass is 16.7. The van der Waals surface area contributed by atoms with Gasteiger partial charge in [0.1, 0.15) is 35.2 Å². The summed E-state index contributed by atoms with van der Waals surface area (Å²) in [6.45, 7) is 3.23. The van der Waals surface area contributed by atoms with Gasteiger partial charge in [-0.1, -0.05) is 18.2 Å². The number of aromatic hydroxyl groups is 3. The number of rotatable bonds is 12. The Bertz CT molecular complexity index is 2840. The molecule has 0 amide bonds. The highest BCUT2D eigenvalue weighted by molar-refractivity contribution is 6.38. The fourth-order valence-corrected chi connectivity index (χ4v) is 7.76. The van der Waals surface area contributed by atoms with Crippen molar-refractivity contribution in [3.63, 3.8) is 0 Å². The number of carbonyl (C=O) groups excluding carboxylic acids is 2. The highest BCUT2D eigenvalue weighted by Gasteiger charge is 2.34. The number of methoxy groups -OCH3 is 4. The van der Waals surface area contributed by atoms with Crippen LogP contribution in [0.25, 0.3) is 43.1 Å². The second kappa shape index (κ2) is 15.4. The number of hydrogen-bond donors (Lipinski definition) is 3. The average molecular weight is 791 g/mol. The molecule has 0 aliphatic heterocycles. The number of carbonyl (C=O) groups is 2. The minimum atomic E-state index is -1.07. The number of phenols is 3. The minimum absolute atomic E-state index is 0.0325. The van der Waals surface area contributed by atoms with Crippen molar-refractivity contribution in [2.45, 2.75) is 38.9 Å². The van der Waals surface area contributed by atoms with Crippen LogP contribution in [0.1, 0.15) is 35.3 Å². The summed E-state index contributed by atoms with van der Waals surface area (Å²) in [5.74, 6) is -1.64. The summed E-state index contributed by atoms with van der Waals surface area (Å²) in [7, 11) is 5.33. The minimum Gasteiger partial charge on any atom is -0.508 e. The summed E-state index contributed by atoms with van der Waals surface area (Å²) in [5, 5.41) is 34.6. The average Bonchev–Trinajstić information content (AvgIpc) is 3.19. The fraction of sp³-hybridized carbons (Fsp3) is 0.227. The lowest BCUT2D eigenvalue weighted by Gasteiger charge is -2.26. The molecule has 0 saturated carbocycles. The van der Waals surface area contributed by atoms with Crippen molar-refractivity contribution in [1.82, 2.24) is 0 Å². The smallest absolute Gasteiger partial charge is 0.508 e. The molecule has 2 atom stereocenters. The molecule has 7 rings (SSSR count). The lowest BCUT2D eigenvalue weighted by Crippen LogP contribution is -2.21. The molecule has 0 spiro atoms. The zero-order chi connectivity index (χ0) is 41.6. The predicted octanol–water partition coefficient (Wildman–Crippen LogP) is 6.98. The Balaban J connectivity index is 1.58. The van der Waals surface area contributed by atoms with E-state index in [2.05, 4.69) is 0 Å². The van der Waals surface area contributed by atoms with Gasteiger partial charge in [-0.3, -0.25) is 9.59 Å². The van der Waals surface area contributed by atoms with Crippen LogP contribution in [0, 0.1) is 0 Å². The molecule has 0 unspecified atom stereocenters. The van der Waals surface area contributed by atoms with E-state index in [9.17, 15) is 34.5 Å². The number of hydrogen-bond acceptors (Lipinski definition) is 14. The first-order valence-corrected chi connectivity index (χ1v) is 18.0. The van der Waals surface area contributed by atoms with E-state index >= 15 is 0 Å². The normalized spacial score (nSPS) is 12.4. The molecule has 0 aromatic heterocycles. The van der Waals surface area contributed by atoms with Gasteiger partial charge in [-0.15, -0.1) is 0 Å². The van der Waals surface area contributed by atoms with Gasteiger partial charge in [-0.2, -0.15) is 0 Å². The second-order valence-corrected chi connectivity index (χ2v) is 13.6. The molecule has 7 aromatic rings. The third-order valence-corrected chi connectivity index (χ3v) is 10.0. The zero-order valence-electron chi connectivity index (χ0n) is 32.3. The Morgan fingerprint density at radius 2 is 1.03 bits per heavy atom. The van der Waals surface area contributed by atoms with Crippen LogP contribution >= 0.6 is 0 Å². The maximum absolute atomic E-state index is 14.0. The molecule has 0 bridgehead atoms. The molecule has 14 nitrogen and oxygen atoms in total. The van der Waals surface area contributed by atoms with Crippen LogP contribution in [0.5, 0.6) is 46.0 Å². The van der Waals surface area contributed by atoms with E-state index in [0.717, 1.165) is 0 Å². The second-order valence-electron chi connectivity index (χ2n) is 13.6. The van der Waals surface area contributed by atoms with Crippen LogP contribution in [-0.2, 0) is 22.3 Å². The van der Waals surface area contributed by atoms with E-state index < -0.39 is 46.7 Å². The van der Waals surface area contributed by atoms with Crippen molar-refractivity contribution >= 4 is 55.2 Å². The fourth-order valence-electron chi connectivity index (χ4n) is 7.76. The summed E-state index contributed by atoms with van der Waals surface area (Å²) in [5.41, 5.74) is -0.440. The molecule has 58 heavy (non-hydrogen) atoms. The Labute approximate surface area is 329 Å². The molecule has 298 valence electrons. The molecule has 0 aliphatic rings. The number of ether oxygens (including phenoxy) is 7. The Morgan fingerprint density at radius 3 is 1.48 bits per heavy atom. The van der Waals surface area contributed by atoms with Crippen molar-refractivity contribution in [2.24, 2.45) is 0 Å². The third-order valence-electron chi connectivity index (χ3n) is 10.0. The number of benzene rings is 7. The van der Waals surface area contributed by atoms with Crippen LogP contribution in [0.2, 0.25) is 0 Å². The molecular formula is C44H38O14.